The zero-order valence-electron chi connectivity index (χ0n) is 16.0. The quantitative estimate of drug-likeness (QED) is 0.503. The monoisotopic (exact) mass is 419 g/mol. The second-order valence-electron chi connectivity index (χ2n) is 6.83. The maximum Gasteiger partial charge on any atom is 0.274 e. The number of hydrogen-bond acceptors (Lipinski definition) is 6. The molecule has 2 amide bonds. The van der Waals surface area contributed by atoms with Crippen LogP contribution in [-0.2, 0) is 14.8 Å². The van der Waals surface area contributed by atoms with Crippen LogP contribution in [0.15, 0.2) is 47.4 Å². The highest BCUT2D eigenvalue weighted by atomic mass is 32.2. The summed E-state index contributed by atoms with van der Waals surface area (Å²) in [5, 5.41) is 11.5. The minimum absolute atomic E-state index is 0.00165. The van der Waals surface area contributed by atoms with Crippen LogP contribution < -0.4 is 19.8 Å². The van der Waals surface area contributed by atoms with Crippen molar-refractivity contribution in [3.8, 4) is 5.75 Å². The SMILES string of the molecule is COc1ccc(S(=O)(=O)N2c3ccc(C(=O)NO)cc3NC(=O)[C@@H]2C(C)C)cc1. The molecule has 9 nitrogen and oxygen atoms in total. The number of methoxy groups -OCH3 is 1. The first-order chi connectivity index (χ1) is 13.7. The van der Waals surface area contributed by atoms with Gasteiger partial charge < -0.3 is 10.1 Å². The van der Waals surface area contributed by atoms with Gasteiger partial charge in [0.25, 0.3) is 15.9 Å². The first kappa shape index (κ1) is 20.6. The van der Waals surface area contributed by atoms with Gasteiger partial charge in [-0.05, 0) is 48.4 Å². The van der Waals surface area contributed by atoms with Crippen molar-refractivity contribution in [2.45, 2.75) is 24.8 Å². The highest BCUT2D eigenvalue weighted by Crippen LogP contribution is 2.39. The number of anilines is 2. The van der Waals surface area contributed by atoms with E-state index >= 15 is 0 Å². The second kappa shape index (κ2) is 7.72. The summed E-state index contributed by atoms with van der Waals surface area (Å²) in [5.74, 6) is -1.11. The van der Waals surface area contributed by atoms with Gasteiger partial charge in [0.15, 0.2) is 0 Å². The van der Waals surface area contributed by atoms with Gasteiger partial charge in [-0.25, -0.2) is 13.9 Å². The van der Waals surface area contributed by atoms with Crippen LogP contribution in [0.2, 0.25) is 0 Å². The van der Waals surface area contributed by atoms with E-state index < -0.39 is 27.9 Å². The third kappa shape index (κ3) is 3.64. The van der Waals surface area contributed by atoms with E-state index in [-0.39, 0.29) is 27.8 Å². The van der Waals surface area contributed by atoms with Crippen LogP contribution in [0.4, 0.5) is 11.4 Å². The van der Waals surface area contributed by atoms with Crippen LogP contribution in [-0.4, -0.2) is 38.6 Å². The zero-order valence-corrected chi connectivity index (χ0v) is 16.9. The molecule has 0 unspecified atom stereocenters. The molecule has 0 aliphatic carbocycles. The molecule has 0 bridgehead atoms. The van der Waals surface area contributed by atoms with Gasteiger partial charge in [0.1, 0.15) is 11.8 Å². The summed E-state index contributed by atoms with van der Waals surface area (Å²) >= 11 is 0. The Morgan fingerprint density at radius 2 is 1.86 bits per heavy atom. The number of carbonyl (C=O) groups is 2. The predicted molar refractivity (Wildman–Crippen MR) is 106 cm³/mol. The van der Waals surface area contributed by atoms with Crippen molar-refractivity contribution in [2.75, 3.05) is 16.7 Å². The molecule has 1 aliphatic rings. The summed E-state index contributed by atoms with van der Waals surface area (Å²) in [6.45, 7) is 3.50. The molecule has 3 N–H and O–H groups in total. The molecule has 0 aromatic heterocycles. The van der Waals surface area contributed by atoms with E-state index in [1.807, 2.05) is 0 Å². The van der Waals surface area contributed by atoms with E-state index in [4.69, 9.17) is 9.94 Å². The maximum atomic E-state index is 13.5. The number of hydroxylamine groups is 1. The highest BCUT2D eigenvalue weighted by molar-refractivity contribution is 7.93. The Hall–Kier alpha value is -3.11. The Kier molecular flexibility index (Phi) is 5.49. The molecule has 0 fully saturated rings. The molecule has 0 saturated carbocycles. The van der Waals surface area contributed by atoms with Crippen molar-refractivity contribution in [3.63, 3.8) is 0 Å². The molecule has 154 valence electrons. The molecular formula is C19H21N3O6S. The van der Waals surface area contributed by atoms with Crippen LogP contribution in [0.3, 0.4) is 0 Å². The van der Waals surface area contributed by atoms with Gasteiger partial charge in [0.05, 0.1) is 23.4 Å². The molecular weight excluding hydrogens is 398 g/mol. The standard InChI is InChI=1S/C19H21N3O6S/c1-11(2)17-19(24)20-15-10-12(18(23)21-25)4-9-16(15)22(17)29(26,27)14-7-5-13(28-3)6-8-14/h4-11,17,25H,1-3H3,(H,20,24)(H,21,23)/t17-/m0/s1. The highest BCUT2D eigenvalue weighted by Gasteiger charge is 2.42. The summed E-state index contributed by atoms with van der Waals surface area (Å²) in [6, 6.07) is 8.99. The van der Waals surface area contributed by atoms with Crippen molar-refractivity contribution in [3.05, 3.63) is 48.0 Å². The van der Waals surface area contributed by atoms with Crippen molar-refractivity contribution in [2.24, 2.45) is 5.92 Å². The second-order valence-corrected chi connectivity index (χ2v) is 8.64. The molecule has 1 atom stereocenters. The van der Waals surface area contributed by atoms with Crippen LogP contribution in [0.25, 0.3) is 0 Å². The van der Waals surface area contributed by atoms with Gasteiger partial charge in [0, 0.05) is 5.56 Å². The molecule has 0 radical (unpaired) electrons. The van der Waals surface area contributed by atoms with E-state index in [0.29, 0.717) is 5.75 Å². The van der Waals surface area contributed by atoms with Crippen molar-refractivity contribution < 1.29 is 28.0 Å². The Labute approximate surface area is 168 Å². The minimum atomic E-state index is -4.10. The van der Waals surface area contributed by atoms with Crippen LogP contribution in [0, 0.1) is 5.92 Å². The zero-order chi connectivity index (χ0) is 21.3. The molecule has 0 saturated heterocycles. The van der Waals surface area contributed by atoms with Crippen molar-refractivity contribution >= 4 is 33.2 Å². The summed E-state index contributed by atoms with van der Waals surface area (Å²) in [5.41, 5.74) is 1.96. The van der Waals surface area contributed by atoms with Gasteiger partial charge >= 0.3 is 0 Å². The van der Waals surface area contributed by atoms with Crippen molar-refractivity contribution in [1.82, 2.24) is 5.48 Å². The minimum Gasteiger partial charge on any atom is -0.497 e. The van der Waals surface area contributed by atoms with E-state index in [1.54, 1.807) is 13.8 Å². The fourth-order valence-electron chi connectivity index (χ4n) is 3.21. The summed E-state index contributed by atoms with van der Waals surface area (Å²) in [7, 11) is -2.62. The third-order valence-corrected chi connectivity index (χ3v) is 6.43. The number of hydrogen-bond donors (Lipinski definition) is 3. The summed E-state index contributed by atoms with van der Waals surface area (Å²) in [6.07, 6.45) is 0. The Morgan fingerprint density at radius 3 is 2.41 bits per heavy atom. The maximum absolute atomic E-state index is 13.5. The first-order valence-corrected chi connectivity index (χ1v) is 10.2. The van der Waals surface area contributed by atoms with Crippen LogP contribution >= 0.6 is 0 Å². The van der Waals surface area contributed by atoms with Gasteiger partial charge in [-0.15, -0.1) is 0 Å². The van der Waals surface area contributed by atoms with Gasteiger partial charge in [0.2, 0.25) is 5.91 Å². The van der Waals surface area contributed by atoms with Gasteiger partial charge in [-0.1, -0.05) is 13.8 Å². The molecule has 2 aromatic carbocycles. The summed E-state index contributed by atoms with van der Waals surface area (Å²) < 4.78 is 33.1. The van der Waals surface area contributed by atoms with E-state index in [9.17, 15) is 18.0 Å². The number of sulfonamides is 1. The number of nitrogens with one attached hydrogen (secondary N) is 2. The molecule has 10 heteroatoms. The molecule has 3 rings (SSSR count). The first-order valence-electron chi connectivity index (χ1n) is 8.78. The van der Waals surface area contributed by atoms with Gasteiger partial charge in [-0.3, -0.25) is 19.1 Å². The Balaban J connectivity index is 2.18. The number of rotatable bonds is 5. The van der Waals surface area contributed by atoms with Gasteiger partial charge in [-0.2, -0.15) is 0 Å². The Morgan fingerprint density at radius 1 is 1.21 bits per heavy atom. The van der Waals surface area contributed by atoms with E-state index in [1.165, 1.54) is 55.1 Å². The van der Waals surface area contributed by atoms with Crippen LogP contribution in [0.5, 0.6) is 5.75 Å². The smallest absolute Gasteiger partial charge is 0.274 e. The lowest BCUT2D eigenvalue weighted by Crippen LogP contribution is -2.53. The van der Waals surface area contributed by atoms with Crippen LogP contribution in [0.1, 0.15) is 24.2 Å². The lowest BCUT2D eigenvalue weighted by atomic mass is 9.99. The molecule has 29 heavy (non-hydrogen) atoms. The average molecular weight is 419 g/mol. The number of carbonyl (C=O) groups excluding carboxylic acids is 2. The van der Waals surface area contributed by atoms with Crippen molar-refractivity contribution in [1.29, 1.82) is 0 Å². The van der Waals surface area contributed by atoms with E-state index in [2.05, 4.69) is 5.32 Å². The normalized spacial score (nSPS) is 16.2. The lowest BCUT2D eigenvalue weighted by Gasteiger charge is -2.39. The topological polar surface area (TPSA) is 125 Å². The predicted octanol–water partition coefficient (Wildman–Crippen LogP) is 1.99. The molecule has 0 spiro atoms. The molecule has 1 heterocycles. The van der Waals surface area contributed by atoms with E-state index in [0.717, 1.165) is 4.31 Å². The molecule has 2 aromatic rings. The largest absolute Gasteiger partial charge is 0.497 e. The average Bonchev–Trinajstić information content (AvgIpc) is 2.71. The number of fused-ring (bicyclic) bond motifs is 1. The number of nitrogens with zero attached hydrogens (tertiary/aromatic N) is 1. The lowest BCUT2D eigenvalue weighted by molar-refractivity contribution is -0.118. The third-order valence-electron chi connectivity index (χ3n) is 4.62. The fourth-order valence-corrected chi connectivity index (χ4v) is 4.97. The number of ether oxygens (including phenoxy) is 1. The number of benzene rings is 2. The Bertz CT molecular complexity index is 1050. The molecule has 1 aliphatic heterocycles. The summed E-state index contributed by atoms with van der Waals surface area (Å²) in [4.78, 5) is 24.4. The number of amides is 2. The fraction of sp³-hybridized carbons (Fsp3) is 0.263.